The summed E-state index contributed by atoms with van der Waals surface area (Å²) >= 11 is 1.06. The molecular formula is C8H9N6O3S+. The molecule has 0 spiro atoms. The highest BCUT2D eigenvalue weighted by Crippen LogP contribution is 2.12. The van der Waals surface area contributed by atoms with Gasteiger partial charge in [-0.05, 0) is 5.27 Å². The molecule has 2 aromatic rings. The van der Waals surface area contributed by atoms with Gasteiger partial charge in [0.1, 0.15) is 6.33 Å². The number of nitrogens with zero attached hydrogens (tertiary/aromatic N) is 4. The smallest absolute Gasteiger partial charge is 0.368 e. The van der Waals surface area contributed by atoms with Crippen LogP contribution in [0.25, 0.3) is 0 Å². The summed E-state index contributed by atoms with van der Waals surface area (Å²) in [4.78, 5) is 34.3. The molecule has 18 heavy (non-hydrogen) atoms. The molecule has 0 bridgehead atoms. The van der Waals surface area contributed by atoms with Crippen LogP contribution in [0, 0.1) is 0 Å². The molecule has 0 aliphatic rings. The first-order chi connectivity index (χ1) is 8.58. The van der Waals surface area contributed by atoms with E-state index in [1.807, 2.05) is 0 Å². The Balaban J connectivity index is 2.07. The van der Waals surface area contributed by atoms with Crippen LogP contribution < -0.4 is 16.0 Å². The van der Waals surface area contributed by atoms with Gasteiger partial charge in [-0.25, -0.2) is 14.8 Å². The topological polar surface area (TPSA) is 132 Å². The summed E-state index contributed by atoms with van der Waals surface area (Å²) in [5.74, 6) is -0.317. The van der Waals surface area contributed by atoms with E-state index in [2.05, 4.69) is 24.7 Å². The zero-order valence-corrected chi connectivity index (χ0v) is 10.1. The van der Waals surface area contributed by atoms with Crippen LogP contribution in [-0.2, 0) is 7.05 Å². The average Bonchev–Trinajstić information content (AvgIpc) is 2.66. The van der Waals surface area contributed by atoms with Gasteiger partial charge >= 0.3 is 11.3 Å². The van der Waals surface area contributed by atoms with Gasteiger partial charge in [0.15, 0.2) is 12.2 Å². The van der Waals surface area contributed by atoms with Crippen molar-refractivity contribution in [1.82, 2.24) is 20.2 Å². The Morgan fingerprint density at radius 2 is 2.39 bits per heavy atom. The molecule has 9 nitrogen and oxygen atoms in total. The van der Waals surface area contributed by atoms with Crippen molar-refractivity contribution < 1.29 is 14.0 Å². The van der Waals surface area contributed by atoms with E-state index in [4.69, 9.17) is 5.73 Å². The number of nitrogens with two attached hydrogens (primary N) is 1. The number of Topliss-reactive ketones (excluding diaryl/α,β-unsaturated/α-hetero) is 1. The highest BCUT2D eigenvalue weighted by Gasteiger charge is 2.26. The van der Waals surface area contributed by atoms with E-state index in [9.17, 15) is 9.59 Å². The molecule has 10 heteroatoms. The normalized spacial score (nSPS) is 10.5. The number of hydrogen-bond donors (Lipinski definition) is 2. The lowest BCUT2D eigenvalue weighted by Crippen LogP contribution is -2.39. The zero-order chi connectivity index (χ0) is 13.1. The minimum Gasteiger partial charge on any atom is -0.368 e. The third-order valence-corrected chi connectivity index (χ3v) is 2.83. The Morgan fingerprint density at radius 3 is 3.00 bits per heavy atom. The van der Waals surface area contributed by atoms with Crippen LogP contribution in [0.2, 0.25) is 0 Å². The van der Waals surface area contributed by atoms with Crippen LogP contribution in [-0.4, -0.2) is 31.8 Å². The number of rotatable bonds is 4. The maximum atomic E-state index is 11.8. The number of nitrogens with one attached hydrogen (secondary N) is 1. The lowest BCUT2D eigenvalue weighted by Gasteiger charge is -1.96. The number of carbonyl (C=O) groups excluding carboxylic acids is 1. The Kier molecular flexibility index (Phi) is 3.37. The molecule has 2 rings (SSSR count). The van der Waals surface area contributed by atoms with Gasteiger partial charge < -0.3 is 5.73 Å². The SMILES string of the molecule is C[n+]1[nH]oc(=O)c1C(=O)CSc1ncnc(N)n1. The Labute approximate surface area is 104 Å². The van der Waals surface area contributed by atoms with Gasteiger partial charge in [0.25, 0.3) is 0 Å². The van der Waals surface area contributed by atoms with Crippen LogP contribution in [0.5, 0.6) is 0 Å². The van der Waals surface area contributed by atoms with E-state index < -0.39 is 11.4 Å². The minimum absolute atomic E-state index is 0.0000926. The van der Waals surface area contributed by atoms with E-state index in [1.165, 1.54) is 18.1 Å². The van der Waals surface area contributed by atoms with Gasteiger partial charge in [0, 0.05) is 0 Å². The fourth-order valence-electron chi connectivity index (χ4n) is 1.20. The number of thioether (sulfide) groups is 1. The number of nitrogen functional groups attached to an aromatic ring is 1. The summed E-state index contributed by atoms with van der Waals surface area (Å²) in [5, 5.41) is 2.58. The predicted octanol–water partition coefficient (Wildman–Crippen LogP) is -1.47. The molecule has 0 aliphatic heterocycles. The average molecular weight is 269 g/mol. The molecule has 2 aromatic heterocycles. The van der Waals surface area contributed by atoms with Crippen LogP contribution in [0.4, 0.5) is 5.95 Å². The monoisotopic (exact) mass is 269 g/mol. The molecule has 0 saturated carbocycles. The van der Waals surface area contributed by atoms with E-state index >= 15 is 0 Å². The van der Waals surface area contributed by atoms with Crippen molar-refractivity contribution in [3.63, 3.8) is 0 Å². The predicted molar refractivity (Wildman–Crippen MR) is 59.8 cm³/mol. The van der Waals surface area contributed by atoms with Gasteiger partial charge in [-0.2, -0.15) is 4.98 Å². The van der Waals surface area contributed by atoms with Crippen molar-refractivity contribution in [2.75, 3.05) is 11.5 Å². The molecule has 94 valence electrons. The molecule has 0 amide bonds. The minimum atomic E-state index is -0.710. The fourth-order valence-corrected chi connectivity index (χ4v) is 1.88. The first kappa shape index (κ1) is 12.2. The number of anilines is 1. The summed E-state index contributed by atoms with van der Waals surface area (Å²) in [6.45, 7) is 0. The van der Waals surface area contributed by atoms with Crippen molar-refractivity contribution in [2.45, 2.75) is 5.16 Å². The Morgan fingerprint density at radius 1 is 1.61 bits per heavy atom. The molecule has 0 saturated heterocycles. The highest BCUT2D eigenvalue weighted by molar-refractivity contribution is 7.99. The third-order valence-electron chi connectivity index (χ3n) is 1.97. The molecule has 0 aromatic carbocycles. The standard InChI is InChI=1S/C8H8N6O3S/c1-14-5(6(16)17-13-14)4(15)2-18-8-11-3-10-7(9)12-8/h3H,2H2,1H3,(H2-,9,10,11,12,13,15,16)/p+1. The first-order valence-corrected chi connectivity index (χ1v) is 5.74. The number of aromatic nitrogens is 5. The van der Waals surface area contributed by atoms with Gasteiger partial charge in [0.2, 0.25) is 11.7 Å². The maximum Gasteiger partial charge on any atom is 0.438 e. The summed E-state index contributed by atoms with van der Waals surface area (Å²) < 4.78 is 5.69. The lowest BCUT2D eigenvalue weighted by molar-refractivity contribution is -0.741. The second kappa shape index (κ2) is 4.96. The van der Waals surface area contributed by atoms with Crippen LogP contribution in [0.15, 0.2) is 20.8 Å². The molecule has 3 N–H and O–H groups in total. The van der Waals surface area contributed by atoms with Gasteiger partial charge in [-0.15, -0.1) is 0 Å². The third kappa shape index (κ3) is 2.53. The molecule has 0 radical (unpaired) electrons. The number of ketones is 1. The Hall–Kier alpha value is -2.23. The largest absolute Gasteiger partial charge is 0.438 e. The molecule has 0 unspecified atom stereocenters. The second-order valence-corrected chi connectivity index (χ2v) is 4.17. The van der Waals surface area contributed by atoms with Crippen molar-refractivity contribution >= 4 is 23.5 Å². The summed E-state index contributed by atoms with van der Waals surface area (Å²) in [7, 11) is 1.50. The molecule has 0 fully saturated rings. The van der Waals surface area contributed by atoms with E-state index in [1.54, 1.807) is 0 Å². The van der Waals surface area contributed by atoms with Crippen LogP contribution in [0.3, 0.4) is 0 Å². The zero-order valence-electron chi connectivity index (χ0n) is 9.28. The van der Waals surface area contributed by atoms with Gasteiger partial charge in [-0.1, -0.05) is 16.4 Å². The first-order valence-electron chi connectivity index (χ1n) is 4.76. The number of H-pyrrole nitrogens is 1. The maximum absolute atomic E-state index is 11.8. The number of aromatic amines is 1. The van der Waals surface area contributed by atoms with E-state index in [0.29, 0.717) is 5.16 Å². The fraction of sp³-hybridized carbons (Fsp3) is 0.250. The van der Waals surface area contributed by atoms with Crippen molar-refractivity contribution in [1.29, 1.82) is 0 Å². The van der Waals surface area contributed by atoms with E-state index in [0.717, 1.165) is 11.8 Å². The summed E-state index contributed by atoms with van der Waals surface area (Å²) in [6, 6.07) is 0. The lowest BCUT2D eigenvalue weighted by atomic mass is 10.3. The van der Waals surface area contributed by atoms with Crippen molar-refractivity contribution in [3.05, 3.63) is 22.4 Å². The molecule has 2 heterocycles. The van der Waals surface area contributed by atoms with Crippen molar-refractivity contribution in [2.24, 2.45) is 7.05 Å². The Bertz CT molecular complexity index is 636. The van der Waals surface area contributed by atoms with Crippen molar-refractivity contribution in [3.8, 4) is 0 Å². The van der Waals surface area contributed by atoms with Gasteiger partial charge in [0.05, 0.1) is 5.75 Å². The van der Waals surface area contributed by atoms with E-state index in [-0.39, 0.29) is 17.4 Å². The van der Waals surface area contributed by atoms with Gasteiger partial charge in [-0.3, -0.25) is 9.32 Å². The number of hydrogen-bond acceptors (Lipinski definition) is 8. The van der Waals surface area contributed by atoms with Crippen LogP contribution in [0.1, 0.15) is 10.5 Å². The number of carbonyl (C=O) groups is 1. The molecule has 0 aliphatic carbocycles. The highest BCUT2D eigenvalue weighted by atomic mass is 32.2. The molecular weight excluding hydrogens is 260 g/mol. The quantitative estimate of drug-likeness (QED) is 0.391. The second-order valence-electron chi connectivity index (χ2n) is 3.23. The number of aryl methyl sites for hydroxylation is 1. The summed E-state index contributed by atoms with van der Waals surface area (Å²) in [5.41, 5.74) is 4.60. The molecule has 0 atom stereocenters. The van der Waals surface area contributed by atoms with Crippen LogP contribution >= 0.6 is 11.8 Å². The summed E-state index contributed by atoms with van der Waals surface area (Å²) in [6.07, 6.45) is 1.25.